The second-order valence-electron chi connectivity index (χ2n) is 11.1. The summed E-state index contributed by atoms with van der Waals surface area (Å²) in [5, 5.41) is 10.2. The lowest BCUT2D eigenvalue weighted by Gasteiger charge is -2.38. The van der Waals surface area contributed by atoms with Crippen LogP contribution in [0.25, 0.3) is 0 Å². The van der Waals surface area contributed by atoms with E-state index >= 15 is 0 Å². The van der Waals surface area contributed by atoms with Crippen molar-refractivity contribution in [1.82, 2.24) is 9.80 Å². The van der Waals surface area contributed by atoms with Crippen LogP contribution >= 0.6 is 11.8 Å². The molecule has 0 radical (unpaired) electrons. The third-order valence-corrected chi connectivity index (χ3v) is 10.4. The fraction of sp³-hybridized carbons (Fsp3) is 0.387. The molecule has 1 N–H and O–H groups in total. The molecule has 1 unspecified atom stereocenters. The van der Waals surface area contributed by atoms with E-state index in [2.05, 4.69) is 6.08 Å². The van der Waals surface area contributed by atoms with Crippen molar-refractivity contribution < 1.29 is 19.5 Å². The molecule has 6 atom stereocenters. The molecule has 3 amide bonds. The lowest BCUT2D eigenvalue weighted by molar-refractivity contribution is -0.145. The summed E-state index contributed by atoms with van der Waals surface area (Å²) in [6, 6.07) is 17.9. The third-order valence-electron chi connectivity index (χ3n) is 8.60. The summed E-state index contributed by atoms with van der Waals surface area (Å²) in [4.78, 5) is 48.2. The van der Waals surface area contributed by atoms with E-state index in [0.29, 0.717) is 19.6 Å². The van der Waals surface area contributed by atoms with Crippen LogP contribution < -0.4 is 4.90 Å². The van der Waals surface area contributed by atoms with Gasteiger partial charge in [-0.15, -0.1) is 11.8 Å². The number of benzene rings is 2. The Morgan fingerprint density at radius 2 is 1.56 bits per heavy atom. The average molecular weight is 544 g/mol. The molecule has 4 aliphatic heterocycles. The van der Waals surface area contributed by atoms with E-state index < -0.39 is 33.4 Å². The van der Waals surface area contributed by atoms with Crippen LogP contribution in [0.2, 0.25) is 0 Å². The molecule has 1 spiro atoms. The Morgan fingerprint density at radius 1 is 0.897 bits per heavy atom. The second-order valence-corrected chi connectivity index (χ2v) is 12.9. The van der Waals surface area contributed by atoms with Crippen molar-refractivity contribution in [2.24, 2.45) is 11.8 Å². The lowest BCUT2D eigenvalue weighted by atomic mass is 9.74. The zero-order valence-corrected chi connectivity index (χ0v) is 23.0. The van der Waals surface area contributed by atoms with E-state index in [1.54, 1.807) is 33.4 Å². The Kier molecular flexibility index (Phi) is 6.43. The molecule has 7 nitrogen and oxygen atoms in total. The number of likely N-dealkylation sites (tertiary alicyclic amines) is 1. The Morgan fingerprint density at radius 3 is 2.26 bits per heavy atom. The largest absolute Gasteiger partial charge is 0.394 e. The van der Waals surface area contributed by atoms with E-state index in [1.807, 2.05) is 85.8 Å². The van der Waals surface area contributed by atoms with Crippen LogP contribution in [0.4, 0.5) is 5.69 Å². The molecule has 0 bridgehead atoms. The van der Waals surface area contributed by atoms with Gasteiger partial charge in [0, 0.05) is 30.1 Å². The molecule has 8 heteroatoms. The van der Waals surface area contributed by atoms with Gasteiger partial charge in [-0.25, -0.2) is 0 Å². The number of nitrogens with zero attached hydrogens (tertiary/aromatic N) is 3. The van der Waals surface area contributed by atoms with Crippen LogP contribution in [0.3, 0.4) is 0 Å². The van der Waals surface area contributed by atoms with Crippen LogP contribution in [-0.2, 0) is 20.9 Å². The third kappa shape index (κ3) is 3.95. The van der Waals surface area contributed by atoms with Crippen LogP contribution in [0.5, 0.6) is 0 Å². The summed E-state index contributed by atoms with van der Waals surface area (Å²) in [6.07, 6.45) is 8.07. The number of aliphatic hydroxyl groups excluding tert-OH is 1. The van der Waals surface area contributed by atoms with Crippen LogP contribution in [-0.4, -0.2) is 73.9 Å². The monoisotopic (exact) mass is 543 g/mol. The molecule has 2 aromatic rings. The highest BCUT2D eigenvalue weighted by atomic mass is 32.2. The van der Waals surface area contributed by atoms with E-state index in [4.69, 9.17) is 0 Å². The molecular formula is C31H33N3O4S. The number of aliphatic hydroxyl groups is 1. The van der Waals surface area contributed by atoms with Crippen LogP contribution in [0, 0.1) is 11.8 Å². The topological polar surface area (TPSA) is 81.2 Å². The van der Waals surface area contributed by atoms with Gasteiger partial charge in [-0.2, -0.15) is 0 Å². The van der Waals surface area contributed by atoms with Gasteiger partial charge in [0.15, 0.2) is 0 Å². The number of carbonyl (C=O) groups excluding carboxylic acids is 3. The standard InChI is InChI=1S/C31H33N3O4S/c1-21(20-35)34-26-29(38)32(19-22-11-5-3-6-12-22)17-10-16-31(26)25(28(34)37)24-27(36)33(23-13-7-4-8-14-23)18-9-15-30(24,2)39-31/h3-16,21,24-26,35H,17-20H2,1-2H3/t21-,24+,25+,26?,30-,31+/m1/s1. The number of carbonyl (C=O) groups is 3. The highest BCUT2D eigenvalue weighted by molar-refractivity contribution is 8.02. The zero-order valence-electron chi connectivity index (χ0n) is 22.1. The lowest BCUT2D eigenvalue weighted by Crippen LogP contribution is -2.56. The molecule has 2 saturated heterocycles. The summed E-state index contributed by atoms with van der Waals surface area (Å²) in [7, 11) is 0. The SMILES string of the molecule is C[C@H](CO)N1C(=O)[C@@H]2[C@H]3C(=O)N(c4ccccc4)CC=C[C@@]3(C)S[C@@]23C=CCN(Cc2ccccc2)C(=O)C13. The summed E-state index contributed by atoms with van der Waals surface area (Å²) < 4.78 is -1.60. The molecule has 6 rings (SSSR count). The smallest absolute Gasteiger partial charge is 0.247 e. The highest BCUT2D eigenvalue weighted by Gasteiger charge is 2.74. The van der Waals surface area contributed by atoms with Gasteiger partial charge >= 0.3 is 0 Å². The minimum atomic E-state index is -0.928. The normalized spacial score (nSPS) is 32.5. The Balaban J connectivity index is 1.45. The predicted molar refractivity (Wildman–Crippen MR) is 152 cm³/mol. The van der Waals surface area contributed by atoms with Gasteiger partial charge in [0.2, 0.25) is 17.7 Å². The van der Waals surface area contributed by atoms with Crippen molar-refractivity contribution in [1.29, 1.82) is 0 Å². The summed E-state index contributed by atoms with van der Waals surface area (Å²) in [5.41, 5.74) is 1.79. The first kappa shape index (κ1) is 25.9. The van der Waals surface area contributed by atoms with Gasteiger partial charge < -0.3 is 19.8 Å². The van der Waals surface area contributed by atoms with E-state index in [9.17, 15) is 19.5 Å². The van der Waals surface area contributed by atoms with E-state index in [-0.39, 0.29) is 24.3 Å². The number of amides is 3. The fourth-order valence-electron chi connectivity index (χ4n) is 6.86. The molecule has 0 saturated carbocycles. The number of rotatable bonds is 5. The molecule has 2 aromatic carbocycles. The van der Waals surface area contributed by atoms with Gasteiger partial charge in [0.05, 0.1) is 29.2 Å². The quantitative estimate of drug-likeness (QED) is 0.586. The van der Waals surface area contributed by atoms with Crippen LogP contribution in [0.1, 0.15) is 19.4 Å². The number of fused-ring (bicyclic) bond motifs is 2. The number of anilines is 1. The first-order valence-electron chi connectivity index (χ1n) is 13.5. The summed E-state index contributed by atoms with van der Waals surface area (Å²) in [6.45, 7) is 4.78. The zero-order chi connectivity index (χ0) is 27.4. The first-order valence-corrected chi connectivity index (χ1v) is 14.3. The molecule has 0 aliphatic carbocycles. The van der Waals surface area contributed by atoms with Crippen molar-refractivity contribution >= 4 is 35.2 Å². The van der Waals surface area contributed by atoms with Crippen molar-refractivity contribution in [3.63, 3.8) is 0 Å². The van der Waals surface area contributed by atoms with E-state index in [1.165, 1.54) is 0 Å². The van der Waals surface area contributed by atoms with Crippen molar-refractivity contribution in [3.8, 4) is 0 Å². The van der Waals surface area contributed by atoms with Crippen molar-refractivity contribution in [2.45, 2.75) is 42.0 Å². The maximum atomic E-state index is 14.4. The molecule has 4 aliphatic rings. The van der Waals surface area contributed by atoms with Gasteiger partial charge in [-0.1, -0.05) is 72.8 Å². The highest BCUT2D eigenvalue weighted by Crippen LogP contribution is 2.65. The number of hydrogen-bond acceptors (Lipinski definition) is 5. The van der Waals surface area contributed by atoms with Gasteiger partial charge in [-0.3, -0.25) is 14.4 Å². The fourth-order valence-corrected chi connectivity index (χ4v) is 9.00. The van der Waals surface area contributed by atoms with Gasteiger partial charge in [-0.05, 0) is 31.5 Å². The number of para-hydroxylation sites is 1. The number of hydrogen-bond donors (Lipinski definition) is 1. The minimum absolute atomic E-state index is 0.111. The summed E-state index contributed by atoms with van der Waals surface area (Å²) in [5.74, 6) is -1.89. The molecule has 4 heterocycles. The maximum absolute atomic E-state index is 14.4. The Labute approximate surface area is 233 Å². The molecule has 0 aromatic heterocycles. The van der Waals surface area contributed by atoms with Crippen molar-refractivity contribution in [3.05, 3.63) is 90.5 Å². The van der Waals surface area contributed by atoms with Gasteiger partial charge in [0.25, 0.3) is 0 Å². The Hall–Kier alpha value is -3.36. The van der Waals surface area contributed by atoms with E-state index in [0.717, 1.165) is 11.3 Å². The van der Waals surface area contributed by atoms with Crippen molar-refractivity contribution in [2.75, 3.05) is 24.6 Å². The predicted octanol–water partition coefficient (Wildman–Crippen LogP) is 3.26. The van der Waals surface area contributed by atoms with Crippen LogP contribution in [0.15, 0.2) is 85.0 Å². The molecule has 39 heavy (non-hydrogen) atoms. The molecule has 2 fully saturated rings. The Bertz CT molecular complexity index is 1350. The van der Waals surface area contributed by atoms with Gasteiger partial charge in [0.1, 0.15) is 6.04 Å². The number of thioether (sulfide) groups is 1. The maximum Gasteiger partial charge on any atom is 0.247 e. The second kappa shape index (κ2) is 9.68. The minimum Gasteiger partial charge on any atom is -0.394 e. The summed E-state index contributed by atoms with van der Waals surface area (Å²) >= 11 is 1.56. The molecular weight excluding hydrogens is 510 g/mol. The average Bonchev–Trinajstić information content (AvgIpc) is 3.23. The molecule has 202 valence electrons. The first-order chi connectivity index (χ1) is 18.8.